The summed E-state index contributed by atoms with van der Waals surface area (Å²) >= 11 is 1.87. The Morgan fingerprint density at radius 1 is 0.382 bits per heavy atom. The predicted molar refractivity (Wildman–Crippen MR) is 237 cm³/mol. The number of aromatic nitrogens is 1. The lowest BCUT2D eigenvalue weighted by Gasteiger charge is -2.27. The fraction of sp³-hybridized carbons (Fsp3) is 0. The van der Waals surface area contributed by atoms with Crippen molar-refractivity contribution in [2.75, 3.05) is 4.90 Å². The van der Waals surface area contributed by atoms with E-state index in [1.165, 1.54) is 75.0 Å². The van der Waals surface area contributed by atoms with Crippen LogP contribution in [0.25, 0.3) is 80.7 Å². The molecular weight excluding hydrogens is 685 g/mol. The molecule has 0 saturated carbocycles. The van der Waals surface area contributed by atoms with Crippen molar-refractivity contribution >= 4 is 81.1 Å². The van der Waals surface area contributed by atoms with Crippen molar-refractivity contribution in [3.8, 4) is 27.9 Å². The summed E-state index contributed by atoms with van der Waals surface area (Å²) in [4.78, 5) is 2.44. The summed E-state index contributed by atoms with van der Waals surface area (Å²) in [6, 6.07) is 75.2. The molecule has 0 aliphatic carbocycles. The minimum absolute atomic E-state index is 1.11. The molecule has 0 N–H and O–H groups in total. The highest BCUT2D eigenvalue weighted by Gasteiger charge is 2.22. The molecule has 11 rings (SSSR count). The van der Waals surface area contributed by atoms with Gasteiger partial charge in [-0.2, -0.15) is 0 Å². The molecule has 0 atom stereocenters. The molecule has 0 spiro atoms. The number of nitrogens with zero attached hydrogens (tertiary/aromatic N) is 2. The Bertz CT molecular complexity index is 3190. The largest absolute Gasteiger partial charge is 0.309 e. The zero-order valence-corrected chi connectivity index (χ0v) is 30.7. The highest BCUT2D eigenvalue weighted by Crippen LogP contribution is 2.47. The van der Waals surface area contributed by atoms with Gasteiger partial charge < -0.3 is 9.47 Å². The molecule has 2 aromatic heterocycles. The van der Waals surface area contributed by atoms with Crippen LogP contribution in [0.1, 0.15) is 0 Å². The van der Waals surface area contributed by atoms with Gasteiger partial charge in [0.2, 0.25) is 0 Å². The van der Waals surface area contributed by atoms with E-state index in [2.05, 4.69) is 216 Å². The summed E-state index contributed by atoms with van der Waals surface area (Å²) in [5, 5.41) is 7.54. The molecule has 3 heteroatoms. The van der Waals surface area contributed by atoms with Crippen LogP contribution in [-0.2, 0) is 0 Å². The van der Waals surface area contributed by atoms with Gasteiger partial charge in [-0.05, 0) is 87.6 Å². The average molecular weight is 719 g/mol. The van der Waals surface area contributed by atoms with Gasteiger partial charge in [0.1, 0.15) is 0 Å². The van der Waals surface area contributed by atoms with Crippen LogP contribution in [0, 0.1) is 0 Å². The van der Waals surface area contributed by atoms with E-state index in [0.717, 1.165) is 22.7 Å². The molecule has 2 nitrogen and oxygen atoms in total. The minimum atomic E-state index is 1.11. The molecule has 0 aliphatic heterocycles. The lowest BCUT2D eigenvalue weighted by Crippen LogP contribution is -2.10. The van der Waals surface area contributed by atoms with Crippen molar-refractivity contribution < 1.29 is 0 Å². The standard InChI is InChI=1S/C52H34N2S/c1-3-14-35(15-4-1)38-28-31-45-44-21-9-11-24-48(44)54(49(45)32-38)41-33-47-46-22-10-12-25-51(46)55-52(47)50(34-41)53(39-18-5-2-6-19-39)40-29-26-37(27-30-40)43-23-13-17-36-16-7-8-20-42(36)43/h1-34H. The number of benzene rings is 9. The number of anilines is 3. The average Bonchev–Trinajstić information content (AvgIpc) is 3.80. The minimum Gasteiger partial charge on any atom is -0.309 e. The molecule has 11 aromatic rings. The lowest BCUT2D eigenvalue weighted by molar-refractivity contribution is 1.18. The molecular formula is C52H34N2S. The van der Waals surface area contributed by atoms with E-state index in [0.29, 0.717) is 0 Å². The van der Waals surface area contributed by atoms with Crippen LogP contribution < -0.4 is 4.90 Å². The van der Waals surface area contributed by atoms with E-state index in [4.69, 9.17) is 0 Å². The van der Waals surface area contributed by atoms with Gasteiger partial charge in [0.05, 0.1) is 21.4 Å². The maximum Gasteiger partial charge on any atom is 0.0661 e. The van der Waals surface area contributed by atoms with E-state index in [-0.39, 0.29) is 0 Å². The SMILES string of the molecule is c1ccc(-c2ccc3c4ccccc4n(-c4cc(N(c5ccccc5)c5ccc(-c6cccc7ccccc67)cc5)c5sc6ccccc6c5c4)c3c2)cc1. The third-order valence-corrected chi connectivity index (χ3v) is 12.2. The number of para-hydroxylation sites is 2. The predicted octanol–water partition coefficient (Wildman–Crippen LogP) is 15.1. The first kappa shape index (κ1) is 31.6. The van der Waals surface area contributed by atoms with Gasteiger partial charge in [0.25, 0.3) is 0 Å². The Hall–Kier alpha value is -6.94. The fourth-order valence-electron chi connectivity index (χ4n) is 8.42. The topological polar surface area (TPSA) is 8.17 Å². The highest BCUT2D eigenvalue weighted by molar-refractivity contribution is 7.26. The number of hydrogen-bond donors (Lipinski definition) is 0. The van der Waals surface area contributed by atoms with Gasteiger partial charge in [-0.3, -0.25) is 0 Å². The van der Waals surface area contributed by atoms with Crippen LogP contribution in [0.2, 0.25) is 0 Å². The third kappa shape index (κ3) is 5.24. The summed E-state index contributed by atoms with van der Waals surface area (Å²) in [6.07, 6.45) is 0. The van der Waals surface area contributed by atoms with Gasteiger partial charge in [0.15, 0.2) is 0 Å². The molecule has 0 bridgehead atoms. The van der Waals surface area contributed by atoms with Crippen molar-refractivity contribution in [3.63, 3.8) is 0 Å². The van der Waals surface area contributed by atoms with Gasteiger partial charge in [-0.1, -0.05) is 152 Å². The Morgan fingerprint density at radius 2 is 1.02 bits per heavy atom. The zero-order valence-electron chi connectivity index (χ0n) is 29.9. The van der Waals surface area contributed by atoms with Crippen molar-refractivity contribution in [2.24, 2.45) is 0 Å². The molecule has 0 amide bonds. The summed E-state index contributed by atoms with van der Waals surface area (Å²) in [6.45, 7) is 0. The highest BCUT2D eigenvalue weighted by atomic mass is 32.1. The van der Waals surface area contributed by atoms with E-state index < -0.39 is 0 Å². The summed E-state index contributed by atoms with van der Waals surface area (Å²) < 4.78 is 5.01. The van der Waals surface area contributed by atoms with E-state index in [9.17, 15) is 0 Å². The van der Waals surface area contributed by atoms with E-state index >= 15 is 0 Å². The maximum atomic E-state index is 2.47. The van der Waals surface area contributed by atoms with Crippen molar-refractivity contribution in [2.45, 2.75) is 0 Å². The Labute approximate surface area is 323 Å². The summed E-state index contributed by atoms with van der Waals surface area (Å²) in [5.41, 5.74) is 11.8. The van der Waals surface area contributed by atoms with Crippen LogP contribution in [0.4, 0.5) is 17.1 Å². The second-order valence-electron chi connectivity index (χ2n) is 14.1. The van der Waals surface area contributed by atoms with Gasteiger partial charge >= 0.3 is 0 Å². The molecule has 0 aliphatic rings. The second-order valence-corrected chi connectivity index (χ2v) is 15.2. The smallest absolute Gasteiger partial charge is 0.0661 e. The van der Waals surface area contributed by atoms with Crippen molar-refractivity contribution in [3.05, 3.63) is 206 Å². The van der Waals surface area contributed by atoms with E-state index in [1.807, 2.05) is 11.3 Å². The molecule has 0 fully saturated rings. The second kappa shape index (κ2) is 12.9. The van der Waals surface area contributed by atoms with Gasteiger partial charge in [0, 0.05) is 43.3 Å². The lowest BCUT2D eigenvalue weighted by atomic mass is 9.98. The van der Waals surface area contributed by atoms with Gasteiger partial charge in [-0.25, -0.2) is 0 Å². The monoisotopic (exact) mass is 718 g/mol. The van der Waals surface area contributed by atoms with Crippen LogP contribution >= 0.6 is 11.3 Å². The van der Waals surface area contributed by atoms with Crippen molar-refractivity contribution in [1.82, 2.24) is 4.57 Å². The number of hydrogen-bond acceptors (Lipinski definition) is 2. The Kier molecular flexibility index (Phi) is 7.39. The first-order valence-electron chi connectivity index (χ1n) is 18.8. The van der Waals surface area contributed by atoms with Crippen LogP contribution in [0.3, 0.4) is 0 Å². The molecule has 0 radical (unpaired) electrons. The molecule has 2 heterocycles. The van der Waals surface area contributed by atoms with Crippen molar-refractivity contribution in [1.29, 1.82) is 0 Å². The zero-order chi connectivity index (χ0) is 36.3. The first-order valence-corrected chi connectivity index (χ1v) is 19.6. The molecule has 9 aromatic carbocycles. The Morgan fingerprint density at radius 3 is 1.85 bits per heavy atom. The first-order chi connectivity index (χ1) is 27.3. The number of thiophene rings is 1. The van der Waals surface area contributed by atoms with Crippen LogP contribution in [0.5, 0.6) is 0 Å². The fourth-order valence-corrected chi connectivity index (χ4v) is 9.61. The maximum absolute atomic E-state index is 2.47. The third-order valence-electron chi connectivity index (χ3n) is 11.0. The number of rotatable bonds is 6. The molecule has 55 heavy (non-hydrogen) atoms. The Balaban J connectivity index is 1.18. The quantitative estimate of drug-likeness (QED) is 0.166. The van der Waals surface area contributed by atoms with E-state index in [1.54, 1.807) is 0 Å². The summed E-state index contributed by atoms with van der Waals surface area (Å²) in [7, 11) is 0. The molecule has 0 unspecified atom stereocenters. The van der Waals surface area contributed by atoms with Gasteiger partial charge in [-0.15, -0.1) is 11.3 Å². The normalized spacial score (nSPS) is 11.6. The number of fused-ring (bicyclic) bond motifs is 7. The molecule has 0 saturated heterocycles. The van der Waals surface area contributed by atoms with Crippen LogP contribution in [-0.4, -0.2) is 4.57 Å². The molecule has 258 valence electrons. The van der Waals surface area contributed by atoms with Crippen LogP contribution in [0.15, 0.2) is 206 Å². The summed E-state index contributed by atoms with van der Waals surface area (Å²) in [5.74, 6) is 0.